The second-order valence-electron chi connectivity index (χ2n) is 5.78. The van der Waals surface area contributed by atoms with E-state index in [1.165, 1.54) is 17.5 Å². The monoisotopic (exact) mass is 310 g/mol. The molecule has 2 nitrogen and oxygen atoms in total. The van der Waals surface area contributed by atoms with Gasteiger partial charge >= 0.3 is 0 Å². The van der Waals surface area contributed by atoms with Gasteiger partial charge in [0.2, 0.25) is 0 Å². The number of para-hydroxylation sites is 1. The summed E-state index contributed by atoms with van der Waals surface area (Å²) in [4.78, 5) is 2.29. The lowest BCUT2D eigenvalue weighted by Gasteiger charge is -2.22. The van der Waals surface area contributed by atoms with Crippen LogP contribution in [0.5, 0.6) is 0 Å². The van der Waals surface area contributed by atoms with Gasteiger partial charge in [-0.15, -0.1) is 0 Å². The van der Waals surface area contributed by atoms with Gasteiger partial charge in [-0.2, -0.15) is 0 Å². The molecule has 1 N–H and O–H groups in total. The predicted molar refractivity (Wildman–Crippen MR) is 97.4 cm³/mol. The summed E-state index contributed by atoms with van der Waals surface area (Å²) in [6.07, 6.45) is 2.18. The fraction of sp³-hybridized carbons (Fsp3) is 0.316. The van der Waals surface area contributed by atoms with E-state index >= 15 is 0 Å². The Morgan fingerprint density at radius 1 is 1.14 bits per heavy atom. The Bertz CT molecular complexity index is 639. The Kier molecular flexibility index (Phi) is 4.74. The molecule has 3 heteroatoms. The third-order valence-corrected chi connectivity index (χ3v) is 4.75. The lowest BCUT2D eigenvalue weighted by atomic mass is 9.99. The summed E-state index contributed by atoms with van der Waals surface area (Å²) >= 11 is 5.62. The van der Waals surface area contributed by atoms with Crippen LogP contribution in [0, 0.1) is 0 Å². The van der Waals surface area contributed by atoms with E-state index in [1.54, 1.807) is 0 Å². The van der Waals surface area contributed by atoms with E-state index in [0.29, 0.717) is 5.92 Å². The first-order chi connectivity index (χ1) is 10.8. The molecule has 114 valence electrons. The molecule has 0 aromatic heterocycles. The molecule has 3 rings (SSSR count). The molecule has 0 aliphatic carbocycles. The minimum atomic E-state index is 0.586. The summed E-state index contributed by atoms with van der Waals surface area (Å²) in [7, 11) is 0. The molecular weight excluding hydrogens is 288 g/mol. The number of rotatable bonds is 3. The topological polar surface area (TPSA) is 15.3 Å². The molecule has 0 unspecified atom stereocenters. The van der Waals surface area contributed by atoms with Crippen LogP contribution in [-0.4, -0.2) is 23.1 Å². The van der Waals surface area contributed by atoms with Crippen molar-refractivity contribution in [2.45, 2.75) is 25.7 Å². The molecule has 0 bridgehead atoms. The van der Waals surface area contributed by atoms with Gasteiger partial charge in [-0.3, -0.25) is 0 Å². The van der Waals surface area contributed by atoms with Crippen molar-refractivity contribution in [1.29, 1.82) is 0 Å². The Hall–Kier alpha value is -1.87. The molecular formula is C19H22N2S. The third kappa shape index (κ3) is 3.30. The number of benzene rings is 2. The van der Waals surface area contributed by atoms with Crippen LogP contribution in [0.25, 0.3) is 0 Å². The van der Waals surface area contributed by atoms with E-state index in [4.69, 9.17) is 12.2 Å². The molecule has 0 amide bonds. The van der Waals surface area contributed by atoms with Crippen LogP contribution in [-0.2, 0) is 6.42 Å². The van der Waals surface area contributed by atoms with Gasteiger partial charge in [0.25, 0.3) is 0 Å². The van der Waals surface area contributed by atoms with Crippen molar-refractivity contribution in [1.82, 2.24) is 4.90 Å². The summed E-state index contributed by atoms with van der Waals surface area (Å²) in [5.41, 5.74) is 3.86. The van der Waals surface area contributed by atoms with Crippen molar-refractivity contribution >= 4 is 23.0 Å². The van der Waals surface area contributed by atoms with Gasteiger partial charge < -0.3 is 10.2 Å². The highest BCUT2D eigenvalue weighted by Crippen LogP contribution is 2.27. The highest BCUT2D eigenvalue weighted by molar-refractivity contribution is 7.80. The first-order valence-electron chi connectivity index (χ1n) is 7.96. The first-order valence-corrected chi connectivity index (χ1v) is 8.37. The maximum Gasteiger partial charge on any atom is 0.173 e. The summed E-state index contributed by atoms with van der Waals surface area (Å²) in [5, 5.41) is 4.28. The van der Waals surface area contributed by atoms with Crippen molar-refractivity contribution < 1.29 is 0 Å². The zero-order chi connectivity index (χ0) is 15.4. The normalized spacial score (nSPS) is 17.5. The van der Waals surface area contributed by atoms with Crippen LogP contribution < -0.4 is 5.32 Å². The molecule has 1 aliphatic rings. The van der Waals surface area contributed by atoms with Crippen molar-refractivity contribution in [3.8, 4) is 0 Å². The van der Waals surface area contributed by atoms with Crippen molar-refractivity contribution in [3.63, 3.8) is 0 Å². The predicted octanol–water partition coefficient (Wildman–Crippen LogP) is 4.44. The number of anilines is 1. The maximum absolute atomic E-state index is 5.62. The summed E-state index contributed by atoms with van der Waals surface area (Å²) in [5.74, 6) is 0.586. The lowest BCUT2D eigenvalue weighted by Crippen LogP contribution is -2.32. The number of hydrogen-bond acceptors (Lipinski definition) is 1. The molecule has 22 heavy (non-hydrogen) atoms. The summed E-state index contributed by atoms with van der Waals surface area (Å²) in [6.45, 7) is 4.20. The van der Waals surface area contributed by atoms with Crippen LogP contribution in [0.4, 0.5) is 5.69 Å². The third-order valence-electron chi connectivity index (χ3n) is 4.39. The van der Waals surface area contributed by atoms with Gasteiger partial charge in [0.15, 0.2) is 5.11 Å². The van der Waals surface area contributed by atoms with Crippen LogP contribution in [0.1, 0.15) is 30.4 Å². The molecule has 1 aliphatic heterocycles. The number of hydrogen-bond donors (Lipinski definition) is 1. The second kappa shape index (κ2) is 6.93. The van der Waals surface area contributed by atoms with E-state index in [9.17, 15) is 0 Å². The Balaban J connectivity index is 1.64. The highest BCUT2D eigenvalue weighted by atomic mass is 32.1. The smallest absolute Gasteiger partial charge is 0.173 e. The highest BCUT2D eigenvalue weighted by Gasteiger charge is 2.25. The second-order valence-corrected chi connectivity index (χ2v) is 6.17. The average Bonchev–Trinajstić information content (AvgIpc) is 3.06. The Morgan fingerprint density at radius 2 is 1.86 bits per heavy atom. The number of likely N-dealkylation sites (tertiary alicyclic amines) is 1. The number of nitrogens with zero attached hydrogens (tertiary/aromatic N) is 1. The maximum atomic E-state index is 5.62. The minimum absolute atomic E-state index is 0.586. The quantitative estimate of drug-likeness (QED) is 0.844. The Labute approximate surface area is 138 Å². The SMILES string of the molecule is CCc1ccccc1NC(=S)N1CC[C@H](c2ccccc2)C1. The van der Waals surface area contributed by atoms with Gasteiger partial charge in [0.1, 0.15) is 0 Å². The zero-order valence-corrected chi connectivity index (χ0v) is 13.8. The standard InChI is InChI=1S/C19H22N2S/c1-2-15-8-6-7-11-18(15)20-19(22)21-13-12-17(14-21)16-9-4-3-5-10-16/h3-11,17H,2,12-14H2,1H3,(H,20,22)/t17-/m0/s1. The molecule has 2 aromatic carbocycles. The van der Waals surface area contributed by atoms with E-state index in [2.05, 4.69) is 71.7 Å². The van der Waals surface area contributed by atoms with E-state index in [0.717, 1.165) is 30.3 Å². The molecule has 1 fully saturated rings. The van der Waals surface area contributed by atoms with Gasteiger partial charge in [-0.25, -0.2) is 0 Å². The van der Waals surface area contributed by atoms with Crippen molar-refractivity contribution in [3.05, 3.63) is 65.7 Å². The van der Waals surface area contributed by atoms with Crippen LogP contribution in [0.3, 0.4) is 0 Å². The van der Waals surface area contributed by atoms with Gasteiger partial charge in [-0.1, -0.05) is 55.5 Å². The molecule has 0 radical (unpaired) electrons. The molecule has 1 saturated heterocycles. The largest absolute Gasteiger partial charge is 0.348 e. The number of aryl methyl sites for hydroxylation is 1. The van der Waals surface area contributed by atoms with E-state index in [1.807, 2.05) is 0 Å². The summed E-state index contributed by atoms with van der Waals surface area (Å²) < 4.78 is 0. The Morgan fingerprint density at radius 3 is 2.64 bits per heavy atom. The minimum Gasteiger partial charge on any atom is -0.348 e. The van der Waals surface area contributed by atoms with Gasteiger partial charge in [0.05, 0.1) is 0 Å². The van der Waals surface area contributed by atoms with Crippen LogP contribution in [0.15, 0.2) is 54.6 Å². The van der Waals surface area contributed by atoms with Crippen LogP contribution in [0.2, 0.25) is 0 Å². The zero-order valence-electron chi connectivity index (χ0n) is 13.0. The molecule has 1 atom stereocenters. The van der Waals surface area contributed by atoms with Crippen molar-refractivity contribution in [2.75, 3.05) is 18.4 Å². The molecule has 2 aromatic rings. The van der Waals surface area contributed by atoms with Gasteiger partial charge in [0, 0.05) is 24.7 Å². The fourth-order valence-electron chi connectivity index (χ4n) is 3.09. The molecule has 0 saturated carbocycles. The van der Waals surface area contributed by atoms with Crippen LogP contribution >= 0.6 is 12.2 Å². The molecule has 0 spiro atoms. The molecule has 1 heterocycles. The van der Waals surface area contributed by atoms with E-state index < -0.39 is 0 Å². The van der Waals surface area contributed by atoms with Gasteiger partial charge in [-0.05, 0) is 42.3 Å². The summed E-state index contributed by atoms with van der Waals surface area (Å²) in [6, 6.07) is 19.1. The van der Waals surface area contributed by atoms with E-state index in [-0.39, 0.29) is 0 Å². The average molecular weight is 310 g/mol. The fourth-order valence-corrected chi connectivity index (χ4v) is 3.36. The number of thiocarbonyl (C=S) groups is 1. The first kappa shape index (κ1) is 15.0. The van der Waals surface area contributed by atoms with Crippen molar-refractivity contribution in [2.24, 2.45) is 0 Å². The lowest BCUT2D eigenvalue weighted by molar-refractivity contribution is 0.518. The number of nitrogens with one attached hydrogen (secondary N) is 1.